The summed E-state index contributed by atoms with van der Waals surface area (Å²) in [6, 6.07) is 8.50. The Bertz CT molecular complexity index is 550. The first-order valence-electron chi connectivity index (χ1n) is 6.31. The summed E-state index contributed by atoms with van der Waals surface area (Å²) in [5, 5.41) is 7.94. The number of rotatable bonds is 2. The van der Waals surface area contributed by atoms with Crippen molar-refractivity contribution in [2.24, 2.45) is 0 Å². The fraction of sp³-hybridized carbons (Fsp3) is 0.429. The van der Waals surface area contributed by atoms with E-state index in [9.17, 15) is 0 Å². The number of alkyl halides is 1. The van der Waals surface area contributed by atoms with Crippen LogP contribution in [0, 0.1) is 0 Å². The van der Waals surface area contributed by atoms with E-state index in [1.165, 1.54) is 11.1 Å². The molecule has 1 heterocycles. The average molecular weight is 263 g/mol. The molecule has 0 N–H and O–H groups in total. The third kappa shape index (κ3) is 2.03. The fourth-order valence-electron chi connectivity index (χ4n) is 2.56. The topological polar surface area (TPSA) is 38.9 Å². The van der Waals surface area contributed by atoms with Crippen molar-refractivity contribution < 1.29 is 4.42 Å². The Morgan fingerprint density at radius 3 is 2.94 bits per heavy atom. The summed E-state index contributed by atoms with van der Waals surface area (Å²) in [7, 11) is 0. The van der Waals surface area contributed by atoms with Gasteiger partial charge >= 0.3 is 0 Å². The van der Waals surface area contributed by atoms with Gasteiger partial charge in [-0.25, -0.2) is 0 Å². The maximum atomic E-state index is 5.96. The fourth-order valence-corrected chi connectivity index (χ4v) is 2.65. The minimum absolute atomic E-state index is 0.228. The molecule has 3 nitrogen and oxygen atoms in total. The highest BCUT2D eigenvalue weighted by Crippen LogP contribution is 2.36. The summed E-state index contributed by atoms with van der Waals surface area (Å²) in [5.74, 6) is 1.44. The molecule has 0 saturated heterocycles. The van der Waals surface area contributed by atoms with Gasteiger partial charge in [-0.2, -0.15) is 0 Å². The molecule has 2 aromatic rings. The second-order valence-electron chi connectivity index (χ2n) is 4.74. The standard InChI is InChI=1S/C14H15ClN2O/c1-9(15)13-16-17-14(18-13)12-8-4-6-10-5-2-3-7-11(10)12/h2-3,5,7,9,12H,4,6,8H2,1H3. The lowest BCUT2D eigenvalue weighted by Gasteiger charge is -2.22. The molecule has 0 aliphatic heterocycles. The van der Waals surface area contributed by atoms with Gasteiger partial charge in [-0.05, 0) is 37.3 Å². The summed E-state index contributed by atoms with van der Waals surface area (Å²) in [6.45, 7) is 1.84. The van der Waals surface area contributed by atoms with Gasteiger partial charge in [0.2, 0.25) is 11.8 Å². The minimum Gasteiger partial charge on any atom is -0.423 e. The number of aromatic nitrogens is 2. The lowest BCUT2D eigenvalue weighted by Crippen LogP contribution is -2.11. The molecule has 1 aliphatic rings. The van der Waals surface area contributed by atoms with Crippen LogP contribution in [0.5, 0.6) is 0 Å². The van der Waals surface area contributed by atoms with E-state index < -0.39 is 0 Å². The maximum absolute atomic E-state index is 5.96. The van der Waals surface area contributed by atoms with Crippen molar-refractivity contribution in [2.75, 3.05) is 0 Å². The molecule has 0 fully saturated rings. The Labute approximate surface area is 111 Å². The molecule has 0 amide bonds. The van der Waals surface area contributed by atoms with E-state index in [1.54, 1.807) is 0 Å². The Balaban J connectivity index is 1.97. The molecular formula is C14H15ClN2O. The number of hydrogen-bond donors (Lipinski definition) is 0. The van der Waals surface area contributed by atoms with E-state index in [0.717, 1.165) is 19.3 Å². The lowest BCUT2D eigenvalue weighted by atomic mass is 9.83. The third-order valence-electron chi connectivity index (χ3n) is 3.46. The summed E-state index contributed by atoms with van der Waals surface area (Å²) in [5.41, 5.74) is 2.72. The van der Waals surface area contributed by atoms with E-state index >= 15 is 0 Å². The smallest absolute Gasteiger partial charge is 0.234 e. The first kappa shape index (κ1) is 11.7. The minimum atomic E-state index is -0.231. The lowest BCUT2D eigenvalue weighted by molar-refractivity contribution is 0.414. The zero-order chi connectivity index (χ0) is 12.5. The molecule has 0 spiro atoms. The summed E-state index contributed by atoms with van der Waals surface area (Å²) < 4.78 is 5.69. The van der Waals surface area contributed by atoms with Crippen LogP contribution in [-0.2, 0) is 6.42 Å². The van der Waals surface area contributed by atoms with Crippen molar-refractivity contribution in [3.8, 4) is 0 Å². The summed E-state index contributed by atoms with van der Waals surface area (Å²) >= 11 is 5.96. The summed E-state index contributed by atoms with van der Waals surface area (Å²) in [6.07, 6.45) is 3.37. The molecule has 4 heteroatoms. The monoisotopic (exact) mass is 262 g/mol. The van der Waals surface area contributed by atoms with Crippen LogP contribution in [0.25, 0.3) is 0 Å². The molecule has 0 saturated carbocycles. The van der Waals surface area contributed by atoms with Crippen molar-refractivity contribution in [1.82, 2.24) is 10.2 Å². The number of halogens is 1. The summed E-state index contributed by atoms with van der Waals surface area (Å²) in [4.78, 5) is 0. The predicted octanol–water partition coefficient (Wildman–Crippen LogP) is 3.84. The Kier molecular flexibility index (Phi) is 3.08. The van der Waals surface area contributed by atoms with Gasteiger partial charge in [0.05, 0.1) is 5.92 Å². The second-order valence-corrected chi connectivity index (χ2v) is 5.39. The van der Waals surface area contributed by atoms with Crippen LogP contribution >= 0.6 is 11.6 Å². The molecule has 0 bridgehead atoms. The number of hydrogen-bond acceptors (Lipinski definition) is 3. The van der Waals surface area contributed by atoms with Crippen molar-refractivity contribution in [3.05, 3.63) is 47.2 Å². The Morgan fingerprint density at radius 2 is 2.17 bits per heavy atom. The van der Waals surface area contributed by atoms with Crippen LogP contribution < -0.4 is 0 Å². The molecule has 94 valence electrons. The van der Waals surface area contributed by atoms with E-state index in [2.05, 4.69) is 34.5 Å². The van der Waals surface area contributed by atoms with Crippen molar-refractivity contribution in [3.63, 3.8) is 0 Å². The van der Waals surface area contributed by atoms with E-state index in [-0.39, 0.29) is 11.3 Å². The highest BCUT2D eigenvalue weighted by molar-refractivity contribution is 6.20. The zero-order valence-electron chi connectivity index (χ0n) is 10.3. The van der Waals surface area contributed by atoms with Crippen LogP contribution in [0.2, 0.25) is 0 Å². The van der Waals surface area contributed by atoms with Gasteiger partial charge in [0.1, 0.15) is 5.38 Å². The second kappa shape index (κ2) is 4.73. The normalized spacial score (nSPS) is 20.4. The van der Waals surface area contributed by atoms with Crippen LogP contribution in [0.15, 0.2) is 28.7 Å². The average Bonchev–Trinajstić information content (AvgIpc) is 2.87. The van der Waals surface area contributed by atoms with Crippen molar-refractivity contribution in [2.45, 2.75) is 37.5 Å². The van der Waals surface area contributed by atoms with Crippen molar-refractivity contribution in [1.29, 1.82) is 0 Å². The Morgan fingerprint density at radius 1 is 1.33 bits per heavy atom. The zero-order valence-corrected chi connectivity index (χ0v) is 11.0. The number of nitrogens with zero attached hydrogens (tertiary/aromatic N) is 2. The van der Waals surface area contributed by atoms with Gasteiger partial charge in [0.15, 0.2) is 0 Å². The molecule has 18 heavy (non-hydrogen) atoms. The van der Waals surface area contributed by atoms with Gasteiger partial charge in [0.25, 0.3) is 0 Å². The third-order valence-corrected chi connectivity index (χ3v) is 3.65. The molecule has 1 aliphatic carbocycles. The molecule has 3 rings (SSSR count). The van der Waals surface area contributed by atoms with Gasteiger partial charge in [-0.15, -0.1) is 21.8 Å². The first-order chi connectivity index (χ1) is 8.75. The van der Waals surface area contributed by atoms with E-state index in [4.69, 9.17) is 16.0 Å². The molecule has 0 radical (unpaired) electrons. The van der Waals surface area contributed by atoms with Gasteiger partial charge in [-0.3, -0.25) is 0 Å². The largest absolute Gasteiger partial charge is 0.423 e. The Hall–Kier alpha value is -1.35. The molecule has 1 aromatic heterocycles. The first-order valence-corrected chi connectivity index (χ1v) is 6.74. The van der Waals surface area contributed by atoms with Crippen LogP contribution in [-0.4, -0.2) is 10.2 Å². The molecule has 2 unspecified atom stereocenters. The van der Waals surface area contributed by atoms with E-state index in [1.807, 2.05) is 6.92 Å². The molecular weight excluding hydrogens is 248 g/mol. The molecule has 2 atom stereocenters. The van der Waals surface area contributed by atoms with Crippen LogP contribution in [0.1, 0.15) is 54.0 Å². The van der Waals surface area contributed by atoms with Crippen LogP contribution in [0.3, 0.4) is 0 Å². The predicted molar refractivity (Wildman–Crippen MR) is 69.8 cm³/mol. The molecule has 1 aromatic carbocycles. The number of benzene rings is 1. The highest BCUT2D eigenvalue weighted by atomic mass is 35.5. The highest BCUT2D eigenvalue weighted by Gasteiger charge is 2.26. The van der Waals surface area contributed by atoms with Crippen molar-refractivity contribution >= 4 is 11.6 Å². The van der Waals surface area contributed by atoms with Gasteiger partial charge in [0, 0.05) is 0 Å². The maximum Gasteiger partial charge on any atom is 0.234 e. The quantitative estimate of drug-likeness (QED) is 0.772. The SMILES string of the molecule is CC(Cl)c1nnc(C2CCCc3ccccc32)o1. The van der Waals surface area contributed by atoms with E-state index in [0.29, 0.717) is 11.8 Å². The van der Waals surface area contributed by atoms with Gasteiger partial charge in [-0.1, -0.05) is 24.3 Å². The number of aryl methyl sites for hydroxylation is 1. The number of fused-ring (bicyclic) bond motifs is 1. The van der Waals surface area contributed by atoms with Crippen LogP contribution in [0.4, 0.5) is 0 Å². The van der Waals surface area contributed by atoms with Gasteiger partial charge < -0.3 is 4.42 Å².